The summed E-state index contributed by atoms with van der Waals surface area (Å²) in [6, 6.07) is 18.1. The average molecular weight is 696 g/mol. The summed E-state index contributed by atoms with van der Waals surface area (Å²) in [6.45, 7) is 4.60. The predicted octanol–water partition coefficient (Wildman–Crippen LogP) is 4.22. The van der Waals surface area contributed by atoms with Crippen LogP contribution in [0.2, 0.25) is 0 Å². The number of piperidine rings is 1. The number of rotatable bonds is 7. The number of hydrogen-bond acceptors (Lipinski definition) is 9. The molecule has 0 spiro atoms. The van der Waals surface area contributed by atoms with Gasteiger partial charge in [0.05, 0.1) is 5.69 Å². The SMILES string of the molecule is Cc1ncn(-c2nc(N3CCN(Cc4ccc(Cc5ccc6c7c(cccc57)C(=O)N6C5CCC(=O)NC5=O)cc4)CC3)cc(C(F)(F)F)n2)n1. The Balaban J connectivity index is 0.935. The van der Waals surface area contributed by atoms with Gasteiger partial charge in [0, 0.05) is 56.2 Å². The molecule has 2 aromatic heterocycles. The molecule has 1 unspecified atom stereocenters. The van der Waals surface area contributed by atoms with E-state index in [4.69, 9.17) is 0 Å². The molecule has 15 heteroatoms. The second kappa shape index (κ2) is 12.6. The van der Waals surface area contributed by atoms with Gasteiger partial charge in [0.1, 0.15) is 24.0 Å². The highest BCUT2D eigenvalue weighted by Crippen LogP contribution is 2.41. The minimum Gasteiger partial charge on any atom is -0.354 e. The number of anilines is 2. The van der Waals surface area contributed by atoms with E-state index in [9.17, 15) is 27.6 Å². The van der Waals surface area contributed by atoms with Crippen molar-refractivity contribution in [3.63, 3.8) is 0 Å². The van der Waals surface area contributed by atoms with Gasteiger partial charge in [-0.25, -0.2) is 9.97 Å². The van der Waals surface area contributed by atoms with Crippen LogP contribution in [0.25, 0.3) is 16.7 Å². The third kappa shape index (κ3) is 6.17. The molecule has 5 aromatic rings. The third-order valence-corrected chi connectivity index (χ3v) is 9.66. The fraction of sp³-hybridized carbons (Fsp3) is 0.306. The Kier molecular flexibility index (Phi) is 8.01. The lowest BCUT2D eigenvalue weighted by Gasteiger charge is -2.35. The maximum absolute atomic E-state index is 13.7. The minimum absolute atomic E-state index is 0.178. The van der Waals surface area contributed by atoms with Gasteiger partial charge in [-0.15, -0.1) is 5.10 Å². The predicted molar refractivity (Wildman–Crippen MR) is 180 cm³/mol. The zero-order chi connectivity index (χ0) is 35.4. The van der Waals surface area contributed by atoms with Crippen LogP contribution >= 0.6 is 0 Å². The van der Waals surface area contributed by atoms with Gasteiger partial charge >= 0.3 is 6.18 Å². The average Bonchev–Trinajstić information content (AvgIpc) is 3.68. The molecule has 12 nitrogen and oxygen atoms in total. The largest absolute Gasteiger partial charge is 0.433 e. The molecule has 8 rings (SSSR count). The van der Waals surface area contributed by atoms with E-state index >= 15 is 0 Å². The first-order valence-electron chi connectivity index (χ1n) is 16.6. The quantitative estimate of drug-likeness (QED) is 0.249. The normalized spacial score (nSPS) is 18.2. The van der Waals surface area contributed by atoms with E-state index in [0.29, 0.717) is 56.2 Å². The summed E-state index contributed by atoms with van der Waals surface area (Å²) >= 11 is 0. The van der Waals surface area contributed by atoms with Gasteiger partial charge in [0.25, 0.3) is 11.9 Å². The van der Waals surface area contributed by atoms with Gasteiger partial charge in [0.15, 0.2) is 5.69 Å². The molecule has 3 aliphatic rings. The molecule has 0 aliphatic carbocycles. The van der Waals surface area contributed by atoms with Gasteiger partial charge in [-0.1, -0.05) is 42.5 Å². The molecular weight excluding hydrogens is 663 g/mol. The lowest BCUT2D eigenvalue weighted by molar-refractivity contribution is -0.141. The Hall–Kier alpha value is -5.70. The molecule has 0 bridgehead atoms. The summed E-state index contributed by atoms with van der Waals surface area (Å²) < 4.78 is 42.3. The van der Waals surface area contributed by atoms with Crippen molar-refractivity contribution in [3.8, 4) is 5.95 Å². The summed E-state index contributed by atoms with van der Waals surface area (Å²) in [5, 5.41) is 8.21. The van der Waals surface area contributed by atoms with Crippen molar-refractivity contribution in [1.29, 1.82) is 0 Å². The maximum atomic E-state index is 13.7. The Morgan fingerprint density at radius 1 is 0.922 bits per heavy atom. The van der Waals surface area contributed by atoms with Crippen molar-refractivity contribution < 1.29 is 27.6 Å². The molecule has 0 radical (unpaired) electrons. The molecule has 3 aromatic carbocycles. The lowest BCUT2D eigenvalue weighted by atomic mass is 9.95. The Morgan fingerprint density at radius 2 is 1.69 bits per heavy atom. The van der Waals surface area contributed by atoms with Gasteiger partial charge in [-0.3, -0.25) is 29.5 Å². The molecule has 1 atom stereocenters. The summed E-state index contributed by atoms with van der Waals surface area (Å²) in [6.07, 6.45) is -2.23. The second-order valence-corrected chi connectivity index (χ2v) is 13.0. The number of aromatic nitrogens is 5. The second-order valence-electron chi connectivity index (χ2n) is 13.0. The van der Waals surface area contributed by atoms with Crippen LogP contribution in [0.4, 0.5) is 24.7 Å². The van der Waals surface area contributed by atoms with Crippen LogP contribution in [0.5, 0.6) is 0 Å². The number of aryl methyl sites for hydroxylation is 1. The highest BCUT2D eigenvalue weighted by Gasteiger charge is 2.41. The van der Waals surface area contributed by atoms with E-state index < -0.39 is 23.8 Å². The number of carbonyl (C=O) groups is 3. The highest BCUT2D eigenvalue weighted by atomic mass is 19.4. The first-order valence-corrected chi connectivity index (χ1v) is 16.6. The van der Waals surface area contributed by atoms with Crippen LogP contribution in [-0.2, 0) is 28.7 Å². The first-order chi connectivity index (χ1) is 24.5. The summed E-state index contributed by atoms with van der Waals surface area (Å²) in [5.41, 5.74) is 3.47. The van der Waals surface area contributed by atoms with Crippen LogP contribution in [0.1, 0.15) is 51.4 Å². The fourth-order valence-electron chi connectivity index (χ4n) is 7.11. The molecule has 5 heterocycles. The molecule has 0 saturated carbocycles. The zero-order valence-corrected chi connectivity index (χ0v) is 27.5. The summed E-state index contributed by atoms with van der Waals surface area (Å²) in [4.78, 5) is 55.6. The Morgan fingerprint density at radius 3 is 2.39 bits per heavy atom. The van der Waals surface area contributed by atoms with Crippen molar-refractivity contribution in [3.05, 3.63) is 101 Å². The third-order valence-electron chi connectivity index (χ3n) is 9.66. The first kappa shape index (κ1) is 32.5. The number of imide groups is 1. The Labute approximate surface area is 289 Å². The number of benzene rings is 3. The van der Waals surface area contributed by atoms with Crippen molar-refractivity contribution in [2.24, 2.45) is 0 Å². The van der Waals surface area contributed by atoms with E-state index in [-0.39, 0.29) is 36.4 Å². The molecule has 260 valence electrons. The highest BCUT2D eigenvalue weighted by molar-refractivity contribution is 6.27. The number of piperazine rings is 1. The summed E-state index contributed by atoms with van der Waals surface area (Å²) in [7, 11) is 0. The van der Waals surface area contributed by atoms with E-state index in [0.717, 1.165) is 38.2 Å². The van der Waals surface area contributed by atoms with Gasteiger partial charge in [0.2, 0.25) is 11.8 Å². The van der Waals surface area contributed by atoms with Crippen LogP contribution in [-0.4, -0.2) is 79.6 Å². The smallest absolute Gasteiger partial charge is 0.354 e. The minimum atomic E-state index is -4.64. The topological polar surface area (TPSA) is 129 Å². The number of nitrogens with one attached hydrogen (secondary N) is 1. The number of halogens is 3. The zero-order valence-electron chi connectivity index (χ0n) is 27.5. The molecule has 3 aliphatic heterocycles. The number of hydrogen-bond donors (Lipinski definition) is 1. The van der Waals surface area contributed by atoms with Crippen molar-refractivity contribution >= 4 is 40.0 Å². The van der Waals surface area contributed by atoms with Gasteiger partial charge in [-0.2, -0.15) is 22.8 Å². The standard InChI is InChI=1S/C36H32F3N9O3/c1-21-40-20-47(44-21)35-41-29(36(37,38)39)18-30(42-35)46-15-13-45(14-16-46)19-23-7-5-22(6-8-23)17-24-9-10-27-32-25(24)3-2-4-26(32)34(51)48(27)28-11-12-31(49)43-33(28)50/h2-10,18,20,28H,11-17,19H2,1H3,(H,43,49,50). The van der Waals surface area contributed by atoms with E-state index in [1.54, 1.807) is 13.0 Å². The number of carbonyl (C=O) groups excluding carboxylic acids is 3. The monoisotopic (exact) mass is 695 g/mol. The fourth-order valence-corrected chi connectivity index (χ4v) is 7.11. The Bertz CT molecular complexity index is 2190. The van der Waals surface area contributed by atoms with Crippen LogP contribution in [0.3, 0.4) is 0 Å². The van der Waals surface area contributed by atoms with Crippen LogP contribution in [0.15, 0.2) is 67.0 Å². The molecule has 3 amide bonds. The van der Waals surface area contributed by atoms with Gasteiger partial charge < -0.3 is 4.90 Å². The maximum Gasteiger partial charge on any atom is 0.433 e. The van der Waals surface area contributed by atoms with Crippen LogP contribution < -0.4 is 15.1 Å². The van der Waals surface area contributed by atoms with Crippen molar-refractivity contribution in [2.75, 3.05) is 36.0 Å². The van der Waals surface area contributed by atoms with Crippen molar-refractivity contribution in [1.82, 2.24) is 34.9 Å². The molecular formula is C36H32F3N9O3. The lowest BCUT2D eigenvalue weighted by Crippen LogP contribution is -2.53. The molecule has 2 saturated heterocycles. The van der Waals surface area contributed by atoms with E-state index in [2.05, 4.69) is 54.5 Å². The molecule has 1 N–H and O–H groups in total. The van der Waals surface area contributed by atoms with Gasteiger partial charge in [-0.05, 0) is 54.0 Å². The van der Waals surface area contributed by atoms with E-state index in [1.807, 2.05) is 29.2 Å². The van der Waals surface area contributed by atoms with Crippen molar-refractivity contribution in [2.45, 2.75) is 44.9 Å². The summed E-state index contributed by atoms with van der Waals surface area (Å²) in [5.74, 6) is -0.596. The van der Waals surface area contributed by atoms with E-state index in [1.165, 1.54) is 11.2 Å². The molecule has 2 fully saturated rings. The number of amides is 3. The van der Waals surface area contributed by atoms with Crippen LogP contribution in [0, 0.1) is 6.92 Å². The number of nitrogens with zero attached hydrogens (tertiary/aromatic N) is 8. The molecule has 51 heavy (non-hydrogen) atoms. The number of alkyl halides is 3.